The van der Waals surface area contributed by atoms with Crippen LogP contribution in [0.3, 0.4) is 0 Å². The average molecular weight is 269 g/mol. The summed E-state index contributed by atoms with van der Waals surface area (Å²) in [6.07, 6.45) is 5.79. The van der Waals surface area contributed by atoms with Crippen molar-refractivity contribution in [2.45, 2.75) is 19.3 Å². The molecular formula is C15H15N3O2. The third-order valence-electron chi connectivity index (χ3n) is 3.40. The molecule has 20 heavy (non-hydrogen) atoms. The highest BCUT2D eigenvalue weighted by Crippen LogP contribution is 2.47. The van der Waals surface area contributed by atoms with Crippen molar-refractivity contribution < 1.29 is 9.21 Å². The molecule has 5 heteroatoms. The molecule has 5 nitrogen and oxygen atoms in total. The van der Waals surface area contributed by atoms with Gasteiger partial charge in [-0.05, 0) is 36.6 Å². The van der Waals surface area contributed by atoms with Crippen molar-refractivity contribution in [3.63, 3.8) is 0 Å². The third-order valence-corrected chi connectivity index (χ3v) is 3.40. The molecule has 0 radical (unpaired) electrons. The number of furan rings is 1. The van der Waals surface area contributed by atoms with Crippen molar-refractivity contribution in [3.05, 3.63) is 53.7 Å². The molecule has 1 fully saturated rings. The highest BCUT2D eigenvalue weighted by atomic mass is 16.3. The Morgan fingerprint density at radius 1 is 1.50 bits per heavy atom. The van der Waals surface area contributed by atoms with Crippen molar-refractivity contribution in [3.8, 4) is 0 Å². The fourth-order valence-corrected chi connectivity index (χ4v) is 2.07. The van der Waals surface area contributed by atoms with Crippen LogP contribution in [-0.2, 0) is 0 Å². The van der Waals surface area contributed by atoms with E-state index in [0.717, 1.165) is 5.76 Å². The molecule has 1 aliphatic carbocycles. The van der Waals surface area contributed by atoms with Crippen molar-refractivity contribution in [2.24, 2.45) is 11.0 Å². The lowest BCUT2D eigenvalue weighted by Gasteiger charge is -1.97. The van der Waals surface area contributed by atoms with Crippen molar-refractivity contribution in [1.29, 1.82) is 0 Å². The first-order valence-electron chi connectivity index (χ1n) is 6.57. The first kappa shape index (κ1) is 12.6. The summed E-state index contributed by atoms with van der Waals surface area (Å²) in [7, 11) is 0. The summed E-state index contributed by atoms with van der Waals surface area (Å²) < 4.78 is 5.65. The molecule has 0 saturated heterocycles. The molecule has 2 unspecified atom stereocenters. The Bertz CT molecular complexity index is 634. The number of aromatic nitrogens is 1. The van der Waals surface area contributed by atoms with Crippen LogP contribution in [0.25, 0.3) is 0 Å². The van der Waals surface area contributed by atoms with E-state index >= 15 is 0 Å². The van der Waals surface area contributed by atoms with Crippen LogP contribution in [0, 0.1) is 5.92 Å². The van der Waals surface area contributed by atoms with Gasteiger partial charge >= 0.3 is 0 Å². The highest BCUT2D eigenvalue weighted by molar-refractivity contribution is 5.94. The predicted molar refractivity (Wildman–Crippen MR) is 74.5 cm³/mol. The molecule has 0 aromatic carbocycles. The fourth-order valence-electron chi connectivity index (χ4n) is 2.07. The van der Waals surface area contributed by atoms with Crippen molar-refractivity contribution in [2.75, 3.05) is 0 Å². The van der Waals surface area contributed by atoms with Gasteiger partial charge in [0.15, 0.2) is 0 Å². The molecule has 2 atom stereocenters. The van der Waals surface area contributed by atoms with Crippen LogP contribution in [0.1, 0.15) is 41.1 Å². The normalized spacial score (nSPS) is 21.1. The Kier molecular flexibility index (Phi) is 3.33. The summed E-state index contributed by atoms with van der Waals surface area (Å²) in [5.41, 5.74) is 2.91. The van der Waals surface area contributed by atoms with Crippen LogP contribution in [0.5, 0.6) is 0 Å². The minimum absolute atomic E-state index is 0.294. The van der Waals surface area contributed by atoms with Gasteiger partial charge in [0, 0.05) is 18.3 Å². The van der Waals surface area contributed by atoms with Gasteiger partial charge in [-0.15, -0.1) is 0 Å². The maximum atomic E-state index is 11.7. The predicted octanol–water partition coefficient (Wildman–Crippen LogP) is 2.56. The van der Waals surface area contributed by atoms with Crippen LogP contribution in [0.4, 0.5) is 0 Å². The molecule has 102 valence electrons. The Balaban J connectivity index is 1.58. The number of pyridine rings is 1. The maximum Gasteiger partial charge on any atom is 0.272 e. The Labute approximate surface area is 116 Å². The largest absolute Gasteiger partial charge is 0.460 e. The van der Waals surface area contributed by atoms with Gasteiger partial charge in [-0.2, -0.15) is 5.10 Å². The maximum absolute atomic E-state index is 11.7. The highest BCUT2D eigenvalue weighted by Gasteiger charge is 2.36. The van der Waals surface area contributed by atoms with Crippen LogP contribution in [0.15, 0.2) is 46.2 Å². The number of amides is 1. The quantitative estimate of drug-likeness (QED) is 0.685. The average Bonchev–Trinajstić information content (AvgIpc) is 3.01. The molecule has 0 spiro atoms. The second-order valence-corrected chi connectivity index (χ2v) is 5.00. The summed E-state index contributed by atoms with van der Waals surface area (Å²) >= 11 is 0. The number of hydrogen-bond donors (Lipinski definition) is 1. The van der Waals surface area contributed by atoms with E-state index in [1.54, 1.807) is 18.3 Å². The third kappa shape index (κ3) is 2.77. The number of carbonyl (C=O) groups excluding carboxylic acids is 1. The minimum atomic E-state index is -0.294. The molecule has 2 aromatic heterocycles. The number of hydrazone groups is 1. The fraction of sp³-hybridized carbons (Fsp3) is 0.267. The van der Waals surface area contributed by atoms with Crippen molar-refractivity contribution in [1.82, 2.24) is 10.4 Å². The molecule has 1 saturated carbocycles. The van der Waals surface area contributed by atoms with Gasteiger partial charge in [0.2, 0.25) is 0 Å². The van der Waals surface area contributed by atoms with E-state index in [2.05, 4.69) is 22.4 Å². The summed E-state index contributed by atoms with van der Waals surface area (Å²) in [4.78, 5) is 15.6. The molecule has 2 aromatic rings. The van der Waals surface area contributed by atoms with E-state index in [4.69, 9.17) is 4.42 Å². The van der Waals surface area contributed by atoms with E-state index in [1.165, 1.54) is 18.8 Å². The summed E-state index contributed by atoms with van der Waals surface area (Å²) in [6, 6.07) is 7.21. The number of rotatable bonds is 4. The number of carbonyl (C=O) groups is 1. The lowest BCUT2D eigenvalue weighted by atomic mass is 10.3. The first-order chi connectivity index (χ1) is 9.74. The summed E-state index contributed by atoms with van der Waals surface area (Å²) in [5.74, 6) is 2.60. The van der Waals surface area contributed by atoms with Crippen molar-refractivity contribution >= 4 is 12.1 Å². The topological polar surface area (TPSA) is 67.5 Å². The van der Waals surface area contributed by atoms with Gasteiger partial charge in [-0.25, -0.2) is 5.43 Å². The SMILES string of the molecule is CC1CC1c1ccc(C=NNC(=O)c2cccnc2)o1. The van der Waals surface area contributed by atoms with E-state index in [0.29, 0.717) is 23.2 Å². The molecule has 1 aliphatic rings. The smallest absolute Gasteiger partial charge is 0.272 e. The van der Waals surface area contributed by atoms with Crippen LogP contribution in [0.2, 0.25) is 0 Å². The lowest BCUT2D eigenvalue weighted by molar-refractivity contribution is 0.0955. The Morgan fingerprint density at radius 2 is 2.35 bits per heavy atom. The molecule has 2 heterocycles. The minimum Gasteiger partial charge on any atom is -0.460 e. The number of hydrogen-bond acceptors (Lipinski definition) is 4. The second-order valence-electron chi connectivity index (χ2n) is 5.00. The lowest BCUT2D eigenvalue weighted by Crippen LogP contribution is -2.17. The second kappa shape index (κ2) is 5.28. The van der Waals surface area contributed by atoms with Gasteiger partial charge in [-0.3, -0.25) is 9.78 Å². The molecule has 3 rings (SSSR count). The van der Waals surface area contributed by atoms with Crippen LogP contribution in [-0.4, -0.2) is 17.1 Å². The molecule has 0 bridgehead atoms. The van der Waals surface area contributed by atoms with Crippen LogP contribution < -0.4 is 5.43 Å². The zero-order valence-electron chi connectivity index (χ0n) is 11.1. The first-order valence-corrected chi connectivity index (χ1v) is 6.57. The van der Waals surface area contributed by atoms with Crippen LogP contribution >= 0.6 is 0 Å². The van der Waals surface area contributed by atoms with E-state index < -0.39 is 0 Å². The number of nitrogens with one attached hydrogen (secondary N) is 1. The summed E-state index contributed by atoms with van der Waals surface area (Å²) in [5, 5.41) is 3.88. The van der Waals surface area contributed by atoms with Gasteiger partial charge in [0.25, 0.3) is 5.91 Å². The summed E-state index contributed by atoms with van der Waals surface area (Å²) in [6.45, 7) is 2.20. The van der Waals surface area contributed by atoms with Gasteiger partial charge in [0.05, 0.1) is 11.8 Å². The van der Waals surface area contributed by atoms with E-state index in [-0.39, 0.29) is 5.91 Å². The molecule has 1 amide bonds. The zero-order chi connectivity index (χ0) is 13.9. The molecule has 1 N–H and O–H groups in total. The molecular weight excluding hydrogens is 254 g/mol. The zero-order valence-corrected chi connectivity index (χ0v) is 11.1. The number of nitrogens with zero attached hydrogens (tertiary/aromatic N) is 2. The van der Waals surface area contributed by atoms with E-state index in [9.17, 15) is 4.79 Å². The standard InChI is InChI=1S/C15H15N3O2/c1-10-7-13(10)14-5-4-12(20-14)9-17-18-15(19)11-3-2-6-16-8-11/h2-6,8-10,13H,7H2,1H3,(H,18,19). The van der Waals surface area contributed by atoms with Gasteiger partial charge < -0.3 is 4.42 Å². The Morgan fingerprint density at radius 3 is 3.05 bits per heavy atom. The molecule has 0 aliphatic heterocycles. The monoisotopic (exact) mass is 269 g/mol. The van der Waals surface area contributed by atoms with Gasteiger partial charge in [0.1, 0.15) is 11.5 Å². The van der Waals surface area contributed by atoms with E-state index in [1.807, 2.05) is 12.1 Å². The Hall–Kier alpha value is -2.43. The van der Waals surface area contributed by atoms with Gasteiger partial charge in [-0.1, -0.05) is 6.92 Å².